The molecule has 0 radical (unpaired) electrons. The van der Waals surface area contributed by atoms with Gasteiger partial charge < -0.3 is 16.4 Å². The zero-order chi connectivity index (χ0) is 15.8. The molecule has 0 bridgehead atoms. The second-order valence-electron chi connectivity index (χ2n) is 4.85. The maximum Gasteiger partial charge on any atom is 0.225 e. The third kappa shape index (κ3) is 5.14. The highest BCUT2D eigenvalue weighted by atomic mass is 19.1. The van der Waals surface area contributed by atoms with Crippen molar-refractivity contribution in [3.8, 4) is 0 Å². The third-order valence-corrected chi connectivity index (χ3v) is 3.05. The van der Waals surface area contributed by atoms with E-state index in [0.717, 1.165) is 11.3 Å². The number of rotatable bonds is 7. The van der Waals surface area contributed by atoms with E-state index < -0.39 is 0 Å². The van der Waals surface area contributed by atoms with E-state index in [-0.39, 0.29) is 11.7 Å². The Morgan fingerprint density at radius 3 is 2.59 bits per heavy atom. The van der Waals surface area contributed by atoms with Crippen molar-refractivity contribution in [2.75, 3.05) is 17.2 Å². The van der Waals surface area contributed by atoms with Gasteiger partial charge in [0.25, 0.3) is 0 Å². The van der Waals surface area contributed by atoms with Crippen LogP contribution in [0.3, 0.4) is 0 Å². The van der Waals surface area contributed by atoms with Crippen molar-refractivity contribution >= 4 is 17.4 Å². The first-order valence-electron chi connectivity index (χ1n) is 7.11. The van der Waals surface area contributed by atoms with Crippen molar-refractivity contribution in [1.29, 1.82) is 0 Å². The van der Waals surface area contributed by atoms with E-state index >= 15 is 0 Å². The predicted molar refractivity (Wildman–Crippen MR) is 84.9 cm³/mol. The number of carbonyl (C=O) groups excluding carboxylic acids is 1. The normalized spacial score (nSPS) is 10.3. The van der Waals surface area contributed by atoms with E-state index in [1.54, 1.807) is 24.4 Å². The Bertz CT molecular complexity index is 599. The molecule has 0 unspecified atom stereocenters. The molecule has 0 aliphatic carbocycles. The molecular formula is C16H19FN4O. The molecule has 0 spiro atoms. The Hall–Kier alpha value is -2.47. The molecule has 0 saturated carbocycles. The van der Waals surface area contributed by atoms with Crippen molar-refractivity contribution in [3.05, 3.63) is 54.0 Å². The summed E-state index contributed by atoms with van der Waals surface area (Å²) in [6, 6.07) is 9.86. The zero-order valence-corrected chi connectivity index (χ0v) is 12.2. The number of hydrogen-bond acceptors (Lipinski definition) is 4. The van der Waals surface area contributed by atoms with Crippen LogP contribution in [0, 0.1) is 5.82 Å². The molecule has 0 fully saturated rings. The molecule has 0 atom stereocenters. The molecular weight excluding hydrogens is 283 g/mol. The van der Waals surface area contributed by atoms with Crippen molar-refractivity contribution in [2.24, 2.45) is 5.73 Å². The van der Waals surface area contributed by atoms with Crippen LogP contribution < -0.4 is 16.4 Å². The molecule has 1 aromatic heterocycles. The summed E-state index contributed by atoms with van der Waals surface area (Å²) in [6.45, 7) is 1.07. The van der Waals surface area contributed by atoms with Gasteiger partial charge in [-0.2, -0.15) is 0 Å². The maximum atomic E-state index is 12.8. The van der Waals surface area contributed by atoms with Gasteiger partial charge in [-0.1, -0.05) is 12.1 Å². The van der Waals surface area contributed by atoms with Gasteiger partial charge in [-0.15, -0.1) is 0 Å². The average molecular weight is 302 g/mol. The van der Waals surface area contributed by atoms with E-state index in [4.69, 9.17) is 5.73 Å². The first kappa shape index (κ1) is 15.9. The molecule has 2 rings (SSSR count). The lowest BCUT2D eigenvalue weighted by Crippen LogP contribution is -2.14. The summed E-state index contributed by atoms with van der Waals surface area (Å²) < 4.78 is 12.8. The number of hydrogen-bond donors (Lipinski definition) is 3. The minimum atomic E-state index is -0.250. The van der Waals surface area contributed by atoms with E-state index in [0.29, 0.717) is 31.7 Å². The fourth-order valence-corrected chi connectivity index (χ4v) is 1.85. The van der Waals surface area contributed by atoms with Crippen LogP contribution in [0.5, 0.6) is 0 Å². The van der Waals surface area contributed by atoms with Crippen molar-refractivity contribution in [3.63, 3.8) is 0 Å². The van der Waals surface area contributed by atoms with Gasteiger partial charge in [0.1, 0.15) is 11.6 Å². The Morgan fingerprint density at radius 1 is 1.18 bits per heavy atom. The lowest BCUT2D eigenvalue weighted by atomic mass is 10.2. The van der Waals surface area contributed by atoms with Gasteiger partial charge in [-0.3, -0.25) is 4.79 Å². The number of aromatic nitrogens is 1. The molecule has 2 aromatic rings. The fraction of sp³-hybridized carbons (Fsp3) is 0.250. The predicted octanol–water partition coefficient (Wildman–Crippen LogP) is 2.51. The zero-order valence-electron chi connectivity index (χ0n) is 12.2. The van der Waals surface area contributed by atoms with Crippen LogP contribution in [0.15, 0.2) is 42.6 Å². The van der Waals surface area contributed by atoms with Crippen molar-refractivity contribution in [1.82, 2.24) is 4.98 Å². The van der Waals surface area contributed by atoms with E-state index in [1.807, 2.05) is 6.07 Å². The molecule has 116 valence electrons. The Balaban J connectivity index is 1.83. The topological polar surface area (TPSA) is 80.0 Å². The van der Waals surface area contributed by atoms with Crippen molar-refractivity contribution in [2.45, 2.75) is 19.4 Å². The van der Waals surface area contributed by atoms with Crippen LogP contribution in [-0.4, -0.2) is 17.4 Å². The Labute approximate surface area is 128 Å². The number of anilines is 2. The number of pyridine rings is 1. The lowest BCUT2D eigenvalue weighted by molar-refractivity contribution is -0.116. The van der Waals surface area contributed by atoms with E-state index in [1.165, 1.54) is 12.1 Å². The minimum absolute atomic E-state index is 0.0926. The van der Waals surface area contributed by atoms with Gasteiger partial charge in [-0.05, 0) is 42.8 Å². The van der Waals surface area contributed by atoms with Gasteiger partial charge in [0.15, 0.2) is 0 Å². The van der Waals surface area contributed by atoms with Gasteiger partial charge in [0.05, 0.1) is 11.9 Å². The summed E-state index contributed by atoms with van der Waals surface area (Å²) in [6.07, 6.45) is 2.69. The van der Waals surface area contributed by atoms with Crippen LogP contribution in [0.2, 0.25) is 0 Å². The number of nitrogens with zero attached hydrogens (tertiary/aromatic N) is 1. The number of amides is 1. The van der Waals surface area contributed by atoms with Crippen LogP contribution in [0.25, 0.3) is 0 Å². The molecule has 6 heteroatoms. The summed E-state index contributed by atoms with van der Waals surface area (Å²) >= 11 is 0. The number of nitrogens with one attached hydrogen (secondary N) is 2. The van der Waals surface area contributed by atoms with Gasteiger partial charge in [-0.25, -0.2) is 9.37 Å². The second kappa shape index (κ2) is 8.09. The van der Waals surface area contributed by atoms with Gasteiger partial charge in [0, 0.05) is 13.0 Å². The summed E-state index contributed by atoms with van der Waals surface area (Å²) in [7, 11) is 0. The average Bonchev–Trinajstić information content (AvgIpc) is 2.54. The molecule has 4 N–H and O–H groups in total. The van der Waals surface area contributed by atoms with Gasteiger partial charge in [0.2, 0.25) is 5.91 Å². The molecule has 22 heavy (non-hydrogen) atoms. The standard InChI is InChI=1S/C16H19FN4O/c17-13-5-3-12(4-6-13)10-19-14-7-8-15(20-11-14)21-16(22)2-1-9-18/h3-8,11,19H,1-2,9-10,18H2,(H,20,21,22). The maximum absolute atomic E-state index is 12.8. The van der Waals surface area contributed by atoms with Gasteiger partial charge >= 0.3 is 0 Å². The number of nitrogens with two attached hydrogens (primary N) is 1. The quantitative estimate of drug-likeness (QED) is 0.734. The summed E-state index contributed by atoms with van der Waals surface area (Å²) in [5.41, 5.74) is 7.15. The Kier molecular flexibility index (Phi) is 5.85. The number of carbonyl (C=O) groups is 1. The molecule has 1 amide bonds. The van der Waals surface area contributed by atoms with Crippen LogP contribution in [-0.2, 0) is 11.3 Å². The molecule has 0 aliphatic heterocycles. The minimum Gasteiger partial charge on any atom is -0.380 e. The molecule has 1 aromatic carbocycles. The van der Waals surface area contributed by atoms with Crippen molar-refractivity contribution < 1.29 is 9.18 Å². The largest absolute Gasteiger partial charge is 0.380 e. The molecule has 1 heterocycles. The third-order valence-electron chi connectivity index (χ3n) is 3.05. The summed E-state index contributed by atoms with van der Waals surface area (Å²) in [5.74, 6) is 0.166. The van der Waals surface area contributed by atoms with E-state index in [2.05, 4.69) is 15.6 Å². The lowest BCUT2D eigenvalue weighted by Gasteiger charge is -2.08. The smallest absolute Gasteiger partial charge is 0.225 e. The van der Waals surface area contributed by atoms with Crippen LogP contribution >= 0.6 is 0 Å². The molecule has 0 saturated heterocycles. The first-order valence-corrected chi connectivity index (χ1v) is 7.11. The fourth-order valence-electron chi connectivity index (χ4n) is 1.85. The SMILES string of the molecule is NCCCC(=O)Nc1ccc(NCc2ccc(F)cc2)cn1. The van der Waals surface area contributed by atoms with Crippen LogP contribution in [0.1, 0.15) is 18.4 Å². The van der Waals surface area contributed by atoms with E-state index in [9.17, 15) is 9.18 Å². The number of benzene rings is 1. The highest BCUT2D eigenvalue weighted by Gasteiger charge is 2.02. The highest BCUT2D eigenvalue weighted by Crippen LogP contribution is 2.12. The molecule has 5 nitrogen and oxygen atoms in total. The number of halogens is 1. The Morgan fingerprint density at radius 2 is 1.95 bits per heavy atom. The van der Waals surface area contributed by atoms with Crippen LogP contribution in [0.4, 0.5) is 15.9 Å². The first-order chi connectivity index (χ1) is 10.7. The summed E-state index contributed by atoms with van der Waals surface area (Å²) in [4.78, 5) is 15.7. The molecule has 0 aliphatic rings. The summed E-state index contributed by atoms with van der Waals surface area (Å²) in [5, 5.41) is 5.89. The second-order valence-corrected chi connectivity index (χ2v) is 4.85. The monoisotopic (exact) mass is 302 g/mol. The highest BCUT2D eigenvalue weighted by molar-refractivity contribution is 5.89.